The third kappa shape index (κ3) is 4.50. The van der Waals surface area contributed by atoms with Gasteiger partial charge in [0.25, 0.3) is 5.91 Å². The summed E-state index contributed by atoms with van der Waals surface area (Å²) in [7, 11) is 0. The first-order valence-electron chi connectivity index (χ1n) is 13.7. The van der Waals surface area contributed by atoms with Crippen molar-refractivity contribution in [1.82, 2.24) is 24.6 Å². The largest absolute Gasteiger partial charge is 0.381 e. The van der Waals surface area contributed by atoms with E-state index in [1.807, 2.05) is 22.6 Å². The number of ether oxygens (including phenoxy) is 1. The number of carbonyl (C=O) groups excluding carboxylic acids is 1. The van der Waals surface area contributed by atoms with E-state index in [1.54, 1.807) is 19.3 Å². The summed E-state index contributed by atoms with van der Waals surface area (Å²) in [6.45, 7) is 5.07. The van der Waals surface area contributed by atoms with Crippen LogP contribution in [0.2, 0.25) is 0 Å². The van der Waals surface area contributed by atoms with E-state index in [4.69, 9.17) is 9.72 Å². The highest BCUT2D eigenvalue weighted by molar-refractivity contribution is 6.06. The topological polar surface area (TPSA) is 83.8 Å². The van der Waals surface area contributed by atoms with Crippen molar-refractivity contribution in [3.63, 3.8) is 0 Å². The molecule has 1 amide bonds. The maximum Gasteiger partial charge on any atom is 0.254 e. The number of anilines is 2. The van der Waals surface area contributed by atoms with Crippen LogP contribution < -0.4 is 10.6 Å². The molecule has 0 bridgehead atoms. The van der Waals surface area contributed by atoms with Crippen LogP contribution in [0, 0.1) is 5.82 Å². The van der Waals surface area contributed by atoms with Crippen molar-refractivity contribution in [1.29, 1.82) is 0 Å². The van der Waals surface area contributed by atoms with Crippen LogP contribution in [0.4, 0.5) is 20.3 Å². The predicted octanol–water partition coefficient (Wildman–Crippen LogP) is 4.96. The molecule has 1 aromatic carbocycles. The van der Waals surface area contributed by atoms with Crippen molar-refractivity contribution in [2.75, 3.05) is 31.6 Å². The zero-order valence-corrected chi connectivity index (χ0v) is 22.2. The van der Waals surface area contributed by atoms with Gasteiger partial charge in [-0.25, -0.2) is 18.7 Å². The summed E-state index contributed by atoms with van der Waals surface area (Å²) in [4.78, 5) is 24.4. The summed E-state index contributed by atoms with van der Waals surface area (Å²) in [6.07, 6.45) is 4.79. The summed E-state index contributed by atoms with van der Waals surface area (Å²) >= 11 is 0. The summed E-state index contributed by atoms with van der Waals surface area (Å²) in [6, 6.07) is 10.6. The molecule has 2 fully saturated rings. The van der Waals surface area contributed by atoms with E-state index in [9.17, 15) is 13.6 Å². The number of hydrogen-bond donors (Lipinski definition) is 2. The fraction of sp³-hybridized carbons (Fsp3) is 0.367. The Morgan fingerprint density at radius 3 is 2.95 bits per heavy atom. The Bertz CT molecular complexity index is 1630. The molecular formula is C30H30F2N6O2. The molecule has 0 spiro atoms. The number of carbonyl (C=O) groups is 1. The van der Waals surface area contributed by atoms with Crippen LogP contribution in [0.5, 0.6) is 0 Å². The smallest absolute Gasteiger partial charge is 0.254 e. The van der Waals surface area contributed by atoms with Gasteiger partial charge in [0, 0.05) is 56.5 Å². The first kappa shape index (κ1) is 25.1. The number of benzene rings is 1. The van der Waals surface area contributed by atoms with Crippen molar-refractivity contribution >= 4 is 23.1 Å². The van der Waals surface area contributed by atoms with Gasteiger partial charge in [-0.05, 0) is 49.1 Å². The van der Waals surface area contributed by atoms with Crippen LogP contribution >= 0.6 is 0 Å². The number of nitrogens with zero attached hydrogens (tertiary/aromatic N) is 4. The molecule has 10 heteroatoms. The molecule has 3 aromatic heterocycles. The second kappa shape index (κ2) is 9.64. The number of hydrogen-bond acceptors (Lipinski definition) is 6. The average molecular weight is 545 g/mol. The first-order chi connectivity index (χ1) is 19.3. The molecule has 206 valence electrons. The highest BCUT2D eigenvalue weighted by Gasteiger charge is 2.34. The van der Waals surface area contributed by atoms with Crippen LogP contribution in [-0.2, 0) is 17.8 Å². The predicted molar refractivity (Wildman–Crippen MR) is 147 cm³/mol. The van der Waals surface area contributed by atoms with E-state index in [2.05, 4.69) is 26.6 Å². The normalized spacial score (nSPS) is 22.7. The van der Waals surface area contributed by atoms with Crippen molar-refractivity contribution < 1.29 is 18.3 Å². The SMILES string of the molecule is C[C@]1(F)CCN(Cc2nc(Nc3ccc(-c4cnc5cc(F)ccn45)c4c3C(=O)NC4)ccc2[C@@H]2CCOC2)C1. The molecule has 0 unspecified atom stereocenters. The van der Waals surface area contributed by atoms with Gasteiger partial charge < -0.3 is 15.4 Å². The van der Waals surface area contributed by atoms with Gasteiger partial charge in [0.15, 0.2) is 0 Å². The van der Waals surface area contributed by atoms with E-state index in [0.29, 0.717) is 61.9 Å². The van der Waals surface area contributed by atoms with E-state index in [-0.39, 0.29) is 17.6 Å². The molecule has 3 aliphatic heterocycles. The quantitative estimate of drug-likeness (QED) is 0.357. The molecule has 3 aliphatic rings. The maximum absolute atomic E-state index is 14.6. The highest BCUT2D eigenvalue weighted by Crippen LogP contribution is 2.36. The number of amides is 1. The second-order valence-electron chi connectivity index (χ2n) is 11.2. The first-order valence-corrected chi connectivity index (χ1v) is 13.7. The summed E-state index contributed by atoms with van der Waals surface area (Å²) in [5.41, 5.74) is 5.05. The fourth-order valence-electron chi connectivity index (χ4n) is 6.21. The number of imidazole rings is 1. The lowest BCUT2D eigenvalue weighted by Gasteiger charge is -2.21. The maximum atomic E-state index is 14.6. The molecule has 2 atom stereocenters. The Kier molecular flexibility index (Phi) is 6.05. The minimum atomic E-state index is -1.18. The minimum Gasteiger partial charge on any atom is -0.381 e. The van der Waals surface area contributed by atoms with Gasteiger partial charge in [0.1, 0.15) is 23.0 Å². The van der Waals surface area contributed by atoms with Crippen LogP contribution in [0.25, 0.3) is 16.9 Å². The number of rotatable bonds is 6. The lowest BCUT2D eigenvalue weighted by Crippen LogP contribution is -2.27. The van der Waals surface area contributed by atoms with Crippen LogP contribution in [-0.4, -0.2) is 57.1 Å². The number of halogens is 2. The van der Waals surface area contributed by atoms with E-state index in [0.717, 1.165) is 41.1 Å². The van der Waals surface area contributed by atoms with Crippen LogP contribution in [0.3, 0.4) is 0 Å². The Hall–Kier alpha value is -3.89. The van der Waals surface area contributed by atoms with Gasteiger partial charge >= 0.3 is 0 Å². The molecule has 2 N–H and O–H groups in total. The Morgan fingerprint density at radius 1 is 1.25 bits per heavy atom. The monoisotopic (exact) mass is 544 g/mol. The van der Waals surface area contributed by atoms with Gasteiger partial charge in [0.05, 0.1) is 35.4 Å². The van der Waals surface area contributed by atoms with Crippen molar-refractivity contribution in [3.8, 4) is 11.3 Å². The lowest BCUT2D eigenvalue weighted by molar-refractivity contribution is 0.0966. The third-order valence-corrected chi connectivity index (χ3v) is 8.23. The standard InChI is InChI=1S/C30H30F2N6O2/c1-30(32)8-10-37(17-30)15-24-20(18-7-11-40-16-18)3-5-26(36-24)35-23-4-2-21(22-13-34-29(39)28(22)23)25-14-33-27-12-19(31)6-9-38(25)27/h2-6,9,12,14,18H,7-8,10-11,13,15-17H2,1H3,(H,34,39)(H,35,36)/t18-,30+/m1/s1. The number of alkyl halides is 1. The van der Waals surface area contributed by atoms with Gasteiger partial charge in [0.2, 0.25) is 0 Å². The van der Waals surface area contributed by atoms with Crippen molar-refractivity contribution in [2.45, 2.75) is 44.4 Å². The zero-order valence-electron chi connectivity index (χ0n) is 22.2. The summed E-state index contributed by atoms with van der Waals surface area (Å²) in [5.74, 6) is 0.371. The lowest BCUT2D eigenvalue weighted by atomic mass is 9.96. The number of pyridine rings is 2. The Morgan fingerprint density at radius 2 is 2.15 bits per heavy atom. The summed E-state index contributed by atoms with van der Waals surface area (Å²) in [5, 5.41) is 6.32. The molecule has 7 rings (SSSR count). The van der Waals surface area contributed by atoms with Crippen molar-refractivity contribution in [3.05, 3.63) is 77.0 Å². The van der Waals surface area contributed by atoms with Crippen LogP contribution in [0.1, 0.15) is 52.9 Å². The Labute approximate surface area is 230 Å². The van der Waals surface area contributed by atoms with Crippen molar-refractivity contribution in [2.24, 2.45) is 0 Å². The molecule has 4 aromatic rings. The van der Waals surface area contributed by atoms with Gasteiger partial charge in [-0.3, -0.25) is 14.1 Å². The van der Waals surface area contributed by atoms with E-state index < -0.39 is 5.67 Å². The molecule has 0 radical (unpaired) electrons. The molecule has 0 aliphatic carbocycles. The van der Waals surface area contributed by atoms with Gasteiger partial charge in [-0.15, -0.1) is 0 Å². The molecule has 40 heavy (non-hydrogen) atoms. The highest BCUT2D eigenvalue weighted by atomic mass is 19.1. The van der Waals surface area contributed by atoms with Crippen LogP contribution in [0.15, 0.2) is 48.8 Å². The average Bonchev–Trinajstić information content (AvgIpc) is 3.72. The molecular weight excluding hydrogens is 514 g/mol. The molecule has 6 heterocycles. The third-order valence-electron chi connectivity index (χ3n) is 8.23. The van der Waals surface area contributed by atoms with Gasteiger partial charge in [-0.2, -0.15) is 0 Å². The number of fused-ring (bicyclic) bond motifs is 2. The van der Waals surface area contributed by atoms with E-state index in [1.165, 1.54) is 12.1 Å². The molecule has 2 saturated heterocycles. The fourth-order valence-corrected chi connectivity index (χ4v) is 6.21. The second-order valence-corrected chi connectivity index (χ2v) is 11.2. The van der Waals surface area contributed by atoms with Gasteiger partial charge in [-0.1, -0.05) is 12.1 Å². The van der Waals surface area contributed by atoms with E-state index >= 15 is 0 Å². The Balaban J connectivity index is 1.23. The molecule has 0 saturated carbocycles. The zero-order chi connectivity index (χ0) is 27.4. The number of aromatic nitrogens is 3. The number of likely N-dealkylation sites (tertiary alicyclic amines) is 1. The molecule has 8 nitrogen and oxygen atoms in total. The minimum absolute atomic E-state index is 0.168. The number of nitrogens with one attached hydrogen (secondary N) is 2. The summed E-state index contributed by atoms with van der Waals surface area (Å²) < 4.78 is 35.8.